The minimum atomic E-state index is -5.61. The van der Waals surface area contributed by atoms with E-state index in [4.69, 9.17) is 0 Å². The van der Waals surface area contributed by atoms with Gasteiger partial charge in [-0.05, 0) is 0 Å². The molecule has 0 bridgehead atoms. The summed E-state index contributed by atoms with van der Waals surface area (Å²) in [5.41, 5.74) is 0. The predicted octanol–water partition coefficient (Wildman–Crippen LogP) is -15.2. The fourth-order valence-corrected chi connectivity index (χ4v) is 5.82. The summed E-state index contributed by atoms with van der Waals surface area (Å²) in [4.78, 5) is 61.7. The van der Waals surface area contributed by atoms with E-state index in [0.29, 0.717) is 0 Å². The van der Waals surface area contributed by atoms with Crippen LogP contribution in [0.1, 0.15) is 0 Å². The molecule has 0 aromatic carbocycles. The quantitative estimate of drug-likeness (QED) is 0.393. The average molecular weight is 324 g/mol. The third kappa shape index (κ3) is 10.7. The third-order valence-corrected chi connectivity index (χ3v) is 6.75. The number of rotatable bonds is 0. The minimum Gasteiger partial charge on any atom is -0.829 e. The first kappa shape index (κ1) is 28.1. The third-order valence-electron chi connectivity index (χ3n) is 0.750. The molecule has 0 aromatic rings. The second-order valence-corrected chi connectivity index (χ2v) is 7.26. The molecule has 0 saturated carbocycles. The fourth-order valence-electron chi connectivity index (χ4n) is 0.522. The molecule has 72 valence electrons. The zero-order chi connectivity index (χ0) is 9.62. The van der Waals surface area contributed by atoms with Crippen LogP contribution in [0.4, 0.5) is 0 Å². The standard InChI is InChI=1S/2Be.2K.O9Si3/c;;;;1-10(2)7-11(3,4)9-12(5,6)8-10/q2*+2;2*+1;-6. The Bertz CT molecular complexity index is 154. The summed E-state index contributed by atoms with van der Waals surface area (Å²) in [7, 11) is -16.8. The van der Waals surface area contributed by atoms with Gasteiger partial charge in [0.15, 0.2) is 0 Å². The molecule has 1 saturated heterocycles. The van der Waals surface area contributed by atoms with Gasteiger partial charge in [0.05, 0.1) is 0 Å². The van der Waals surface area contributed by atoms with Crippen molar-refractivity contribution in [2.45, 2.75) is 0 Å². The second-order valence-electron chi connectivity index (χ2n) is 1.81. The smallest absolute Gasteiger partial charge is 0.829 e. The number of hydrogen-bond donors (Lipinski definition) is 0. The van der Waals surface area contributed by atoms with Gasteiger partial charge in [-0.2, -0.15) is 0 Å². The second kappa shape index (κ2) is 9.77. The van der Waals surface area contributed by atoms with Crippen molar-refractivity contribution in [3.05, 3.63) is 0 Å². The summed E-state index contributed by atoms with van der Waals surface area (Å²) in [6.07, 6.45) is 0. The van der Waals surface area contributed by atoms with Gasteiger partial charge in [-0.25, -0.2) is 0 Å². The van der Waals surface area contributed by atoms with Gasteiger partial charge >= 0.3 is 123 Å². The Labute approximate surface area is 187 Å². The van der Waals surface area contributed by atoms with Crippen molar-refractivity contribution in [3.8, 4) is 0 Å². The maximum absolute atomic E-state index is 10.3. The molecule has 0 N–H and O–H groups in total. The molecule has 1 fully saturated rings. The molecule has 0 aliphatic carbocycles. The molecule has 1 rings (SSSR count). The summed E-state index contributed by atoms with van der Waals surface area (Å²) >= 11 is 0. The van der Waals surface area contributed by atoms with Crippen LogP contribution < -0.4 is 132 Å². The van der Waals surface area contributed by atoms with Crippen LogP contribution in [0.5, 0.6) is 0 Å². The Hall–Kier alpha value is 3.90. The molecule has 0 aromatic heterocycles. The average Bonchev–Trinajstić information content (AvgIpc) is 1.44. The van der Waals surface area contributed by atoms with Crippen LogP contribution >= 0.6 is 0 Å². The summed E-state index contributed by atoms with van der Waals surface area (Å²) in [6, 6.07) is 0. The molecule has 0 atom stereocenters. The van der Waals surface area contributed by atoms with Crippen LogP contribution in [0.3, 0.4) is 0 Å². The van der Waals surface area contributed by atoms with Gasteiger partial charge in [0.2, 0.25) is 0 Å². The van der Waals surface area contributed by atoms with Crippen molar-refractivity contribution < 1.29 is 144 Å². The number of hydrogen-bond acceptors (Lipinski definition) is 9. The Morgan fingerprint density at radius 1 is 0.500 bits per heavy atom. The summed E-state index contributed by atoms with van der Waals surface area (Å²) in [5.74, 6) is 0. The maximum Gasteiger partial charge on any atom is 2.00 e. The van der Waals surface area contributed by atoms with E-state index in [0.717, 1.165) is 0 Å². The van der Waals surface area contributed by atoms with Gasteiger partial charge in [-0.3, -0.25) is 0 Å². The van der Waals surface area contributed by atoms with E-state index in [1.165, 1.54) is 0 Å². The van der Waals surface area contributed by atoms with Crippen LogP contribution in [0, 0.1) is 0 Å². The molecule has 16 heavy (non-hydrogen) atoms. The molecule has 1 heterocycles. The van der Waals surface area contributed by atoms with Crippen molar-refractivity contribution in [2.24, 2.45) is 0 Å². The summed E-state index contributed by atoms with van der Waals surface area (Å²) < 4.78 is 9.73. The van der Waals surface area contributed by atoms with Crippen molar-refractivity contribution in [3.63, 3.8) is 0 Å². The molecule has 0 radical (unpaired) electrons. The van der Waals surface area contributed by atoms with E-state index >= 15 is 0 Å². The SMILES string of the molecule is [Be+2].[Be+2].[K+].[K+].[O-][Si]1([O-])O[Si]([O-])([O-])O[Si]([O-])([O-])O1. The van der Waals surface area contributed by atoms with E-state index < -0.39 is 27.1 Å². The van der Waals surface area contributed by atoms with E-state index in [1.54, 1.807) is 0 Å². The first-order chi connectivity index (χ1) is 5.12. The van der Waals surface area contributed by atoms with E-state index in [9.17, 15) is 28.8 Å². The zero-order valence-corrected chi connectivity index (χ0v) is 17.8. The van der Waals surface area contributed by atoms with E-state index in [2.05, 4.69) is 12.3 Å². The minimum absolute atomic E-state index is 0. The molecule has 0 unspecified atom stereocenters. The van der Waals surface area contributed by atoms with Crippen molar-refractivity contribution in [2.75, 3.05) is 0 Å². The fraction of sp³-hybridized carbons (Fsp3) is 0. The van der Waals surface area contributed by atoms with Crippen molar-refractivity contribution in [1.82, 2.24) is 0 Å². The van der Waals surface area contributed by atoms with Crippen molar-refractivity contribution >= 4 is 47.4 Å². The molecule has 0 spiro atoms. The molecular weight excluding hydrogens is 324 g/mol. The van der Waals surface area contributed by atoms with Crippen LogP contribution in [-0.2, 0) is 12.3 Å². The maximum atomic E-state index is 10.3. The van der Waals surface area contributed by atoms with Gasteiger partial charge in [0, 0.05) is 0 Å². The topological polar surface area (TPSA) is 166 Å². The van der Waals surface area contributed by atoms with Gasteiger partial charge < -0.3 is 41.1 Å². The first-order valence-electron chi connectivity index (χ1n) is 2.45. The summed E-state index contributed by atoms with van der Waals surface area (Å²) in [6.45, 7) is 0. The molecule has 1 aliphatic rings. The van der Waals surface area contributed by atoms with Crippen LogP contribution in [-0.4, -0.2) is 47.4 Å². The van der Waals surface area contributed by atoms with Crippen LogP contribution in [0.25, 0.3) is 0 Å². The monoisotopic (exact) mass is 324 g/mol. The van der Waals surface area contributed by atoms with Gasteiger partial charge in [0.1, 0.15) is 27.1 Å². The van der Waals surface area contributed by atoms with Crippen molar-refractivity contribution in [1.29, 1.82) is 0 Å². The van der Waals surface area contributed by atoms with Crippen LogP contribution in [0.2, 0.25) is 0 Å². The normalized spacial score (nSPS) is 23.6. The zero-order valence-electron chi connectivity index (χ0n) is 8.59. The Morgan fingerprint density at radius 2 is 0.625 bits per heavy atom. The molecule has 0 amide bonds. The molecule has 16 heteroatoms. The Morgan fingerprint density at radius 3 is 0.750 bits per heavy atom. The summed E-state index contributed by atoms with van der Waals surface area (Å²) in [5, 5.41) is 0. The van der Waals surface area contributed by atoms with Gasteiger partial charge in [-0.1, -0.05) is 0 Å². The predicted molar refractivity (Wildman–Crippen MR) is 32.0 cm³/mol. The van der Waals surface area contributed by atoms with E-state index in [1.807, 2.05) is 0 Å². The van der Waals surface area contributed by atoms with Crippen LogP contribution in [0.15, 0.2) is 0 Å². The van der Waals surface area contributed by atoms with E-state index in [-0.39, 0.29) is 123 Å². The Balaban J connectivity index is -0.000000180. The molecule has 9 nitrogen and oxygen atoms in total. The van der Waals surface area contributed by atoms with Gasteiger partial charge in [0.25, 0.3) is 0 Å². The first-order valence-corrected chi connectivity index (χ1v) is 7.35. The van der Waals surface area contributed by atoms with Gasteiger partial charge in [-0.15, -0.1) is 0 Å². The molecular formula is Be2K2O9Si3. The largest absolute Gasteiger partial charge is 2.00 e. The molecule has 1 aliphatic heterocycles. The Kier molecular flexibility index (Phi) is 17.2.